The smallest absolute Gasteiger partial charge is 0.270 e. The first-order chi connectivity index (χ1) is 16.1. The summed E-state index contributed by atoms with van der Waals surface area (Å²) in [5.74, 6) is -1.26. The van der Waals surface area contributed by atoms with Crippen LogP contribution in [-0.4, -0.2) is 106 Å². The number of sulfonamides is 1. The average Bonchev–Trinajstić information content (AvgIpc) is 2.95. The Morgan fingerprint density at radius 1 is 0.943 bits per heavy atom. The van der Waals surface area contributed by atoms with Crippen LogP contribution in [0.2, 0.25) is 0 Å². The Bertz CT molecular complexity index is 1180. The Morgan fingerprint density at radius 2 is 1.51 bits per heavy atom. The molecule has 0 radical (unpaired) electrons. The van der Waals surface area contributed by atoms with Crippen LogP contribution in [0.1, 0.15) is 19.3 Å². The second kappa shape index (κ2) is 11.9. The summed E-state index contributed by atoms with van der Waals surface area (Å²) in [7, 11) is -11.0. The molecule has 1 aliphatic heterocycles. The fraction of sp³-hybridized carbons (Fsp3) is 0.667. The highest BCUT2D eigenvalue weighted by molar-refractivity contribution is 7.89. The molecule has 1 saturated heterocycles. The van der Waals surface area contributed by atoms with Gasteiger partial charge in [0.2, 0.25) is 10.0 Å². The maximum Gasteiger partial charge on any atom is 0.270 e. The van der Waals surface area contributed by atoms with Crippen molar-refractivity contribution in [2.75, 3.05) is 62.7 Å². The highest BCUT2D eigenvalue weighted by atomic mass is 32.2. The van der Waals surface area contributed by atoms with Crippen LogP contribution >= 0.6 is 0 Å². The van der Waals surface area contributed by atoms with E-state index in [0.29, 0.717) is 19.5 Å². The third-order valence-electron chi connectivity index (χ3n) is 5.45. The molecule has 1 aromatic carbocycles. The Morgan fingerprint density at radius 3 is 2.03 bits per heavy atom. The monoisotopic (exact) mass is 558 g/mol. The molecule has 1 aliphatic rings. The van der Waals surface area contributed by atoms with E-state index in [-0.39, 0.29) is 49.6 Å². The molecule has 0 aliphatic carbocycles. The summed E-state index contributed by atoms with van der Waals surface area (Å²) in [4.78, 5) is 13.6. The topological polar surface area (TPSA) is 196 Å². The maximum atomic E-state index is 13.6. The lowest BCUT2D eigenvalue weighted by molar-refractivity contribution is -0.385. The van der Waals surface area contributed by atoms with Gasteiger partial charge in [0.25, 0.3) is 25.9 Å². The molecule has 1 fully saturated rings. The van der Waals surface area contributed by atoms with Crippen LogP contribution in [0.3, 0.4) is 0 Å². The van der Waals surface area contributed by atoms with Crippen molar-refractivity contribution in [1.82, 2.24) is 9.21 Å². The lowest BCUT2D eigenvalue weighted by atomic mass is 10.2. The SMILES string of the molecule is CN1CCCN(S(=O)(=O)c2cc([N+](=O)[O-])ccc2N(CCCS(=O)(=O)O)CCCS(=O)(=O)O)CC1. The van der Waals surface area contributed by atoms with E-state index in [0.717, 1.165) is 12.1 Å². The van der Waals surface area contributed by atoms with Gasteiger partial charge < -0.3 is 9.80 Å². The van der Waals surface area contributed by atoms with Crippen molar-refractivity contribution in [2.45, 2.75) is 24.2 Å². The Hall–Kier alpha value is -1.89. The first kappa shape index (κ1) is 29.3. The number of hydrogen-bond donors (Lipinski definition) is 2. The van der Waals surface area contributed by atoms with E-state index in [9.17, 15) is 35.4 Å². The molecule has 35 heavy (non-hydrogen) atoms. The second-order valence-electron chi connectivity index (χ2n) is 8.24. The van der Waals surface area contributed by atoms with Crippen molar-refractivity contribution in [3.8, 4) is 0 Å². The van der Waals surface area contributed by atoms with Gasteiger partial charge in [-0.2, -0.15) is 21.1 Å². The van der Waals surface area contributed by atoms with Crippen molar-refractivity contribution in [3.05, 3.63) is 28.3 Å². The molecular weight excluding hydrogens is 528 g/mol. The van der Waals surface area contributed by atoms with Crippen molar-refractivity contribution in [2.24, 2.45) is 0 Å². The van der Waals surface area contributed by atoms with Crippen molar-refractivity contribution < 1.29 is 39.3 Å². The van der Waals surface area contributed by atoms with Crippen LogP contribution in [-0.2, 0) is 30.3 Å². The summed E-state index contributed by atoms with van der Waals surface area (Å²) in [5.41, 5.74) is -0.436. The third kappa shape index (κ3) is 9.25. The third-order valence-corrected chi connectivity index (χ3v) is 8.99. The summed E-state index contributed by atoms with van der Waals surface area (Å²) in [6, 6.07) is 3.25. The van der Waals surface area contributed by atoms with Crippen LogP contribution in [0.4, 0.5) is 11.4 Å². The van der Waals surface area contributed by atoms with Gasteiger partial charge in [-0.3, -0.25) is 19.2 Å². The van der Waals surface area contributed by atoms with E-state index in [1.54, 1.807) is 0 Å². The minimum absolute atomic E-state index is 0.0267. The predicted molar refractivity (Wildman–Crippen MR) is 128 cm³/mol. The first-order valence-electron chi connectivity index (χ1n) is 10.7. The van der Waals surface area contributed by atoms with Gasteiger partial charge in [-0.1, -0.05) is 0 Å². The normalized spacial score (nSPS) is 16.7. The molecule has 17 heteroatoms. The van der Waals surface area contributed by atoms with E-state index in [1.165, 1.54) is 15.3 Å². The molecule has 2 N–H and O–H groups in total. The van der Waals surface area contributed by atoms with Gasteiger partial charge in [0.1, 0.15) is 4.90 Å². The van der Waals surface area contributed by atoms with E-state index in [2.05, 4.69) is 0 Å². The second-order valence-corrected chi connectivity index (χ2v) is 13.3. The minimum Gasteiger partial charge on any atom is -0.370 e. The zero-order valence-corrected chi connectivity index (χ0v) is 21.6. The lowest BCUT2D eigenvalue weighted by Crippen LogP contribution is -2.36. The summed E-state index contributed by atoms with van der Waals surface area (Å²) >= 11 is 0. The number of nitro benzene ring substituents is 1. The quantitative estimate of drug-likeness (QED) is 0.202. The Kier molecular flexibility index (Phi) is 9.97. The first-order valence-corrected chi connectivity index (χ1v) is 15.4. The minimum atomic E-state index is -4.31. The van der Waals surface area contributed by atoms with Gasteiger partial charge in [-0.05, 0) is 38.9 Å². The van der Waals surface area contributed by atoms with E-state index < -0.39 is 52.4 Å². The molecule has 0 aromatic heterocycles. The van der Waals surface area contributed by atoms with Crippen LogP contribution in [0, 0.1) is 10.1 Å². The highest BCUT2D eigenvalue weighted by Gasteiger charge is 2.32. The molecule has 0 spiro atoms. The molecule has 0 unspecified atom stereocenters. The Balaban J connectivity index is 2.50. The number of rotatable bonds is 12. The van der Waals surface area contributed by atoms with Gasteiger partial charge >= 0.3 is 0 Å². The maximum absolute atomic E-state index is 13.6. The molecule has 1 heterocycles. The van der Waals surface area contributed by atoms with Crippen LogP contribution in [0.25, 0.3) is 0 Å². The largest absolute Gasteiger partial charge is 0.370 e. The van der Waals surface area contributed by atoms with E-state index >= 15 is 0 Å². The summed E-state index contributed by atoms with van der Waals surface area (Å²) in [6.45, 7) is 1.27. The highest BCUT2D eigenvalue weighted by Crippen LogP contribution is 2.32. The zero-order valence-electron chi connectivity index (χ0n) is 19.2. The number of benzene rings is 1. The van der Waals surface area contributed by atoms with Gasteiger partial charge in [0.15, 0.2) is 0 Å². The van der Waals surface area contributed by atoms with Crippen molar-refractivity contribution in [1.29, 1.82) is 0 Å². The molecule has 0 atom stereocenters. The number of hydrogen-bond acceptors (Lipinski definition) is 10. The summed E-state index contributed by atoms with van der Waals surface area (Å²) in [5, 5.41) is 11.4. The molecular formula is C18H30N4O10S3. The predicted octanol–water partition coefficient (Wildman–Crippen LogP) is 0.283. The van der Waals surface area contributed by atoms with Crippen molar-refractivity contribution >= 4 is 41.6 Å². The number of likely N-dealkylation sites (N-methyl/N-ethyl adjacent to an activating group) is 1. The standard InChI is InChI=1S/C18H30N4O10S3/c1-19-7-2-10-21(12-11-19)35(31,32)18-15-16(22(23)24)5-6-17(18)20(8-3-13-33(25,26)27)9-4-14-34(28,29)30/h5-6,15H,2-4,7-14H2,1H3,(H,25,26,27)(H,28,29,30). The molecule has 14 nitrogen and oxygen atoms in total. The van der Waals surface area contributed by atoms with Crippen molar-refractivity contribution in [3.63, 3.8) is 0 Å². The van der Waals surface area contributed by atoms with Gasteiger partial charge in [-0.15, -0.1) is 0 Å². The van der Waals surface area contributed by atoms with Gasteiger partial charge in [0.05, 0.1) is 22.1 Å². The number of anilines is 1. The number of nitro groups is 1. The fourth-order valence-electron chi connectivity index (χ4n) is 3.71. The van der Waals surface area contributed by atoms with Gasteiger partial charge in [-0.25, -0.2) is 8.42 Å². The Labute approximate surface area is 205 Å². The average molecular weight is 559 g/mol. The van der Waals surface area contributed by atoms with E-state index in [4.69, 9.17) is 9.11 Å². The van der Waals surface area contributed by atoms with Crippen LogP contribution in [0.15, 0.2) is 23.1 Å². The molecule has 2 rings (SSSR count). The van der Waals surface area contributed by atoms with E-state index in [1.807, 2.05) is 11.9 Å². The van der Waals surface area contributed by atoms with Crippen LogP contribution in [0.5, 0.6) is 0 Å². The summed E-state index contributed by atoms with van der Waals surface area (Å²) < 4.78 is 91.1. The van der Waals surface area contributed by atoms with Gasteiger partial charge in [0, 0.05) is 44.9 Å². The molecule has 1 aromatic rings. The molecule has 0 saturated carbocycles. The lowest BCUT2D eigenvalue weighted by Gasteiger charge is -2.29. The molecule has 0 amide bonds. The zero-order chi connectivity index (χ0) is 26.4. The molecule has 200 valence electrons. The fourth-order valence-corrected chi connectivity index (χ4v) is 6.40. The number of non-ortho nitro benzene ring substituents is 1. The summed E-state index contributed by atoms with van der Waals surface area (Å²) in [6.07, 6.45) is 0.289. The van der Waals surface area contributed by atoms with Crippen LogP contribution < -0.4 is 4.90 Å². The molecule has 0 bridgehead atoms. The number of nitrogens with zero attached hydrogens (tertiary/aromatic N) is 4.